The summed E-state index contributed by atoms with van der Waals surface area (Å²) < 4.78 is 0. The van der Waals surface area contributed by atoms with Gasteiger partial charge in [-0.15, -0.1) is 0 Å². The smallest absolute Gasteiger partial charge is 0.238 e. The van der Waals surface area contributed by atoms with Crippen molar-refractivity contribution in [2.75, 3.05) is 4.90 Å². The van der Waals surface area contributed by atoms with Crippen molar-refractivity contribution in [1.29, 1.82) is 0 Å². The van der Waals surface area contributed by atoms with E-state index >= 15 is 0 Å². The van der Waals surface area contributed by atoms with Crippen LogP contribution in [0.4, 0.5) is 5.69 Å². The molecule has 0 bridgehead atoms. The van der Waals surface area contributed by atoms with Crippen LogP contribution in [-0.4, -0.2) is 11.8 Å². The Labute approximate surface area is 177 Å². The monoisotopic (exact) mass is 398 g/mol. The number of fused-ring (bicyclic) bond motifs is 1. The van der Waals surface area contributed by atoms with Crippen LogP contribution in [0.3, 0.4) is 0 Å². The third-order valence-corrected chi connectivity index (χ3v) is 5.88. The maximum atomic E-state index is 13.5. The molecule has 0 saturated carbocycles. The molecule has 4 heteroatoms. The molecule has 152 valence electrons. The van der Waals surface area contributed by atoms with E-state index in [1.54, 1.807) is 4.90 Å². The number of anilines is 1. The largest absolute Gasteiger partial charge is 0.350 e. The zero-order chi connectivity index (χ0) is 21.1. The van der Waals surface area contributed by atoms with Gasteiger partial charge in [-0.25, -0.2) is 0 Å². The lowest BCUT2D eigenvalue weighted by molar-refractivity contribution is -0.129. The summed E-state index contributed by atoms with van der Waals surface area (Å²) in [5.74, 6) is -0.159. The summed E-state index contributed by atoms with van der Waals surface area (Å²) in [6.45, 7) is 4.34. The third kappa shape index (κ3) is 3.73. The number of hydrogen-bond donors (Lipinski definition) is 1. The quantitative estimate of drug-likeness (QED) is 0.651. The Hall–Kier alpha value is -3.40. The van der Waals surface area contributed by atoms with Crippen LogP contribution in [0.15, 0.2) is 84.9 Å². The number of hydrogen-bond acceptors (Lipinski definition) is 2. The average molecular weight is 399 g/mol. The fourth-order valence-corrected chi connectivity index (χ4v) is 4.23. The lowest BCUT2D eigenvalue weighted by Gasteiger charge is -2.25. The van der Waals surface area contributed by atoms with Crippen LogP contribution >= 0.6 is 0 Å². The van der Waals surface area contributed by atoms with E-state index in [0.29, 0.717) is 6.54 Å². The van der Waals surface area contributed by atoms with Gasteiger partial charge in [-0.2, -0.15) is 0 Å². The molecule has 0 radical (unpaired) electrons. The van der Waals surface area contributed by atoms with Gasteiger partial charge in [-0.1, -0.05) is 78.9 Å². The molecule has 2 atom stereocenters. The van der Waals surface area contributed by atoms with Crippen molar-refractivity contribution in [2.45, 2.75) is 38.3 Å². The second-order valence-electron chi connectivity index (χ2n) is 8.10. The van der Waals surface area contributed by atoms with Gasteiger partial charge in [0.15, 0.2) is 0 Å². The maximum Gasteiger partial charge on any atom is 0.238 e. The molecule has 0 aromatic heterocycles. The Morgan fingerprint density at radius 2 is 1.53 bits per heavy atom. The van der Waals surface area contributed by atoms with Gasteiger partial charge in [-0.3, -0.25) is 9.59 Å². The van der Waals surface area contributed by atoms with Crippen LogP contribution in [-0.2, 0) is 21.5 Å². The number of rotatable bonds is 6. The molecule has 0 aliphatic carbocycles. The molecule has 0 fully saturated rings. The van der Waals surface area contributed by atoms with Gasteiger partial charge in [0.25, 0.3) is 0 Å². The summed E-state index contributed by atoms with van der Waals surface area (Å²) in [6, 6.07) is 27.5. The summed E-state index contributed by atoms with van der Waals surface area (Å²) >= 11 is 0. The Bertz CT molecular complexity index is 1050. The predicted octanol–water partition coefficient (Wildman–Crippen LogP) is 4.76. The fourth-order valence-electron chi connectivity index (χ4n) is 4.23. The fraction of sp³-hybridized carbons (Fsp3) is 0.231. The molecule has 4 rings (SSSR count). The lowest BCUT2D eigenvalue weighted by Crippen LogP contribution is -2.42. The minimum Gasteiger partial charge on any atom is -0.350 e. The summed E-state index contributed by atoms with van der Waals surface area (Å²) in [5.41, 5.74) is 3.02. The van der Waals surface area contributed by atoms with E-state index in [9.17, 15) is 9.59 Å². The van der Waals surface area contributed by atoms with Crippen molar-refractivity contribution in [3.63, 3.8) is 0 Å². The topological polar surface area (TPSA) is 49.4 Å². The Kier molecular flexibility index (Phi) is 5.40. The van der Waals surface area contributed by atoms with Crippen molar-refractivity contribution >= 4 is 17.5 Å². The van der Waals surface area contributed by atoms with Gasteiger partial charge in [0.05, 0.1) is 18.0 Å². The van der Waals surface area contributed by atoms with Gasteiger partial charge in [0.2, 0.25) is 11.8 Å². The van der Waals surface area contributed by atoms with Crippen molar-refractivity contribution in [3.05, 3.63) is 102 Å². The second kappa shape index (κ2) is 8.15. The molecule has 0 spiro atoms. The van der Waals surface area contributed by atoms with Crippen LogP contribution in [0.2, 0.25) is 0 Å². The molecule has 1 aliphatic heterocycles. The van der Waals surface area contributed by atoms with Crippen molar-refractivity contribution in [2.24, 2.45) is 0 Å². The first-order valence-electron chi connectivity index (χ1n) is 10.3. The number of carbonyl (C=O) groups excluding carboxylic acids is 2. The molecule has 2 amide bonds. The SMILES string of the molecule is C[C@@H](NC(=O)C[C@@]1(C)C(=O)N(Cc2ccccc2)c2ccccc21)c1ccccc1. The highest BCUT2D eigenvalue weighted by atomic mass is 16.2. The van der Waals surface area contributed by atoms with Crippen LogP contribution < -0.4 is 10.2 Å². The Morgan fingerprint density at radius 3 is 2.23 bits per heavy atom. The van der Waals surface area contributed by atoms with E-state index in [1.165, 1.54) is 0 Å². The zero-order valence-corrected chi connectivity index (χ0v) is 17.3. The van der Waals surface area contributed by atoms with Gasteiger partial charge in [-0.05, 0) is 36.6 Å². The molecule has 1 aliphatic rings. The van der Waals surface area contributed by atoms with Gasteiger partial charge < -0.3 is 10.2 Å². The second-order valence-corrected chi connectivity index (χ2v) is 8.10. The summed E-state index contributed by atoms with van der Waals surface area (Å²) in [6.07, 6.45) is 0.116. The molecule has 3 aromatic carbocycles. The van der Waals surface area contributed by atoms with Gasteiger partial charge in [0, 0.05) is 12.1 Å². The van der Waals surface area contributed by atoms with Gasteiger partial charge >= 0.3 is 0 Å². The molecule has 4 nitrogen and oxygen atoms in total. The molecular weight excluding hydrogens is 372 g/mol. The number of para-hydroxylation sites is 1. The number of carbonyl (C=O) groups is 2. The van der Waals surface area contributed by atoms with E-state index in [2.05, 4.69) is 5.32 Å². The maximum absolute atomic E-state index is 13.5. The van der Waals surface area contributed by atoms with Crippen LogP contribution in [0.5, 0.6) is 0 Å². The molecular formula is C26H26N2O2. The first-order valence-corrected chi connectivity index (χ1v) is 10.3. The first-order chi connectivity index (χ1) is 14.5. The molecule has 30 heavy (non-hydrogen) atoms. The average Bonchev–Trinajstić information content (AvgIpc) is 2.97. The molecule has 1 N–H and O–H groups in total. The minimum absolute atomic E-state index is 0.0323. The third-order valence-electron chi connectivity index (χ3n) is 5.88. The molecule has 0 unspecified atom stereocenters. The Morgan fingerprint density at radius 1 is 0.933 bits per heavy atom. The molecule has 1 heterocycles. The van der Waals surface area contributed by atoms with E-state index in [0.717, 1.165) is 22.4 Å². The highest BCUT2D eigenvalue weighted by molar-refractivity contribution is 6.09. The summed E-state index contributed by atoms with van der Waals surface area (Å²) in [7, 11) is 0. The predicted molar refractivity (Wildman–Crippen MR) is 119 cm³/mol. The van der Waals surface area contributed by atoms with Gasteiger partial charge in [0.1, 0.15) is 0 Å². The molecule has 0 saturated heterocycles. The van der Waals surface area contributed by atoms with E-state index in [4.69, 9.17) is 0 Å². The highest BCUT2D eigenvalue weighted by Gasteiger charge is 2.48. The van der Waals surface area contributed by atoms with E-state index < -0.39 is 5.41 Å². The standard InChI is InChI=1S/C26H26N2O2/c1-19(21-13-7-4-8-14-21)27-24(29)17-26(2)22-15-9-10-16-23(22)28(25(26)30)18-20-11-5-3-6-12-20/h3-16,19H,17-18H2,1-2H3,(H,27,29)/t19-,26-/m1/s1. The lowest BCUT2D eigenvalue weighted by atomic mass is 9.80. The number of nitrogens with one attached hydrogen (secondary N) is 1. The minimum atomic E-state index is -0.883. The Balaban J connectivity index is 1.56. The zero-order valence-electron chi connectivity index (χ0n) is 17.3. The molecule has 3 aromatic rings. The summed E-state index contributed by atoms with van der Waals surface area (Å²) in [5, 5.41) is 3.05. The van der Waals surface area contributed by atoms with Crippen molar-refractivity contribution in [3.8, 4) is 0 Å². The highest BCUT2D eigenvalue weighted by Crippen LogP contribution is 2.44. The summed E-state index contributed by atoms with van der Waals surface area (Å²) in [4.78, 5) is 28.3. The van der Waals surface area contributed by atoms with E-state index in [1.807, 2.05) is 98.8 Å². The van der Waals surface area contributed by atoms with Crippen molar-refractivity contribution < 1.29 is 9.59 Å². The van der Waals surface area contributed by atoms with E-state index in [-0.39, 0.29) is 24.3 Å². The number of amides is 2. The number of nitrogens with zero attached hydrogens (tertiary/aromatic N) is 1. The first kappa shape index (κ1) is 19.9. The van der Waals surface area contributed by atoms with Crippen LogP contribution in [0.1, 0.15) is 43.0 Å². The van der Waals surface area contributed by atoms with Crippen LogP contribution in [0.25, 0.3) is 0 Å². The van der Waals surface area contributed by atoms with Crippen LogP contribution in [0, 0.1) is 0 Å². The number of benzene rings is 3. The normalized spacial score (nSPS) is 18.7. The van der Waals surface area contributed by atoms with Crippen molar-refractivity contribution in [1.82, 2.24) is 5.32 Å².